The lowest BCUT2D eigenvalue weighted by molar-refractivity contribution is -0.164. The molecule has 1 aromatic carbocycles. The summed E-state index contributed by atoms with van der Waals surface area (Å²) in [5.74, 6) is -0.665. The number of carbonyl (C=O) groups is 3. The number of ether oxygens (including phenoxy) is 1. The Hall–Kier alpha value is -3.13. The molecule has 2 fully saturated rings. The summed E-state index contributed by atoms with van der Waals surface area (Å²) in [6, 6.07) is 13.6. The van der Waals surface area contributed by atoms with Gasteiger partial charge in [-0.05, 0) is 37.5 Å². The Morgan fingerprint density at radius 3 is 2.27 bits per heavy atom. The molecular formula is C25H31N3O5. The van der Waals surface area contributed by atoms with Gasteiger partial charge in [0, 0.05) is 45.8 Å². The van der Waals surface area contributed by atoms with Crippen LogP contribution in [0.4, 0.5) is 0 Å². The second kappa shape index (κ2) is 10.7. The Labute approximate surface area is 194 Å². The molecule has 1 aromatic heterocycles. The first-order valence-electron chi connectivity index (χ1n) is 11.6. The lowest BCUT2D eigenvalue weighted by Crippen LogP contribution is -2.51. The number of esters is 1. The Balaban J connectivity index is 1.19. The van der Waals surface area contributed by atoms with Gasteiger partial charge in [-0.1, -0.05) is 30.3 Å². The molecule has 176 valence electrons. The first-order valence-corrected chi connectivity index (χ1v) is 11.6. The number of rotatable bonds is 6. The van der Waals surface area contributed by atoms with Gasteiger partial charge >= 0.3 is 5.97 Å². The molecule has 0 aliphatic carbocycles. The van der Waals surface area contributed by atoms with E-state index in [0.717, 1.165) is 19.6 Å². The van der Waals surface area contributed by atoms with Crippen molar-refractivity contribution >= 4 is 17.8 Å². The molecule has 2 aliphatic rings. The fourth-order valence-electron chi connectivity index (χ4n) is 4.42. The van der Waals surface area contributed by atoms with E-state index in [-0.39, 0.29) is 23.7 Å². The lowest BCUT2D eigenvalue weighted by atomic mass is 9.97. The topological polar surface area (TPSA) is 83.3 Å². The van der Waals surface area contributed by atoms with Crippen molar-refractivity contribution in [2.75, 3.05) is 39.3 Å². The summed E-state index contributed by atoms with van der Waals surface area (Å²) >= 11 is 0. The predicted octanol–water partition coefficient (Wildman–Crippen LogP) is 2.41. The van der Waals surface area contributed by atoms with Gasteiger partial charge in [0.05, 0.1) is 12.2 Å². The molecule has 8 nitrogen and oxygen atoms in total. The van der Waals surface area contributed by atoms with Crippen LogP contribution in [0.25, 0.3) is 0 Å². The molecule has 33 heavy (non-hydrogen) atoms. The van der Waals surface area contributed by atoms with E-state index in [4.69, 9.17) is 9.15 Å². The molecule has 0 radical (unpaired) electrons. The van der Waals surface area contributed by atoms with Gasteiger partial charge in [0.2, 0.25) is 0 Å². The van der Waals surface area contributed by atoms with E-state index in [1.165, 1.54) is 11.8 Å². The van der Waals surface area contributed by atoms with Gasteiger partial charge in [-0.2, -0.15) is 0 Å². The van der Waals surface area contributed by atoms with E-state index in [2.05, 4.69) is 17.0 Å². The molecule has 0 bridgehead atoms. The number of piperidine rings is 1. The summed E-state index contributed by atoms with van der Waals surface area (Å²) in [7, 11) is 0. The van der Waals surface area contributed by atoms with E-state index in [9.17, 15) is 14.4 Å². The molecule has 0 spiro atoms. The average Bonchev–Trinajstić information content (AvgIpc) is 3.39. The number of likely N-dealkylation sites (tertiary alicyclic amines) is 1. The average molecular weight is 454 g/mol. The molecule has 2 aromatic rings. The highest BCUT2D eigenvalue weighted by atomic mass is 16.5. The number of furan rings is 1. The van der Waals surface area contributed by atoms with Crippen molar-refractivity contribution in [1.29, 1.82) is 0 Å². The molecule has 1 atom stereocenters. The molecule has 2 amide bonds. The predicted molar refractivity (Wildman–Crippen MR) is 121 cm³/mol. The number of carbonyl (C=O) groups excluding carboxylic acids is 3. The quantitative estimate of drug-likeness (QED) is 0.625. The lowest BCUT2D eigenvalue weighted by Gasteiger charge is -2.36. The Morgan fingerprint density at radius 1 is 0.939 bits per heavy atom. The molecule has 2 saturated heterocycles. The van der Waals surface area contributed by atoms with E-state index >= 15 is 0 Å². The first-order chi connectivity index (χ1) is 16.0. The molecule has 8 heteroatoms. The third-order valence-corrected chi connectivity index (χ3v) is 6.42. The smallest absolute Gasteiger partial charge is 0.309 e. The summed E-state index contributed by atoms with van der Waals surface area (Å²) in [4.78, 5) is 43.6. The minimum absolute atomic E-state index is 0.145. The number of nitrogens with zero attached hydrogens (tertiary/aromatic N) is 3. The van der Waals surface area contributed by atoms with Crippen molar-refractivity contribution in [2.24, 2.45) is 5.92 Å². The number of amides is 2. The summed E-state index contributed by atoms with van der Waals surface area (Å²) in [5, 5.41) is 0. The van der Waals surface area contributed by atoms with E-state index in [1.54, 1.807) is 28.9 Å². The molecule has 0 saturated carbocycles. The second-order valence-electron chi connectivity index (χ2n) is 8.71. The van der Waals surface area contributed by atoms with Crippen LogP contribution in [0, 0.1) is 5.92 Å². The van der Waals surface area contributed by atoms with Crippen molar-refractivity contribution in [3.05, 3.63) is 60.1 Å². The van der Waals surface area contributed by atoms with Crippen LogP contribution in [0.2, 0.25) is 0 Å². The number of hydrogen-bond donors (Lipinski definition) is 0. The maximum absolute atomic E-state index is 12.8. The van der Waals surface area contributed by atoms with Crippen LogP contribution in [0.15, 0.2) is 53.1 Å². The van der Waals surface area contributed by atoms with Crippen LogP contribution in [-0.4, -0.2) is 77.9 Å². The SMILES string of the molecule is CC(OC(=O)C1CCN(C(=O)c2ccco2)CC1)C(=O)N1CCN(Cc2ccccc2)CC1. The van der Waals surface area contributed by atoms with Crippen LogP contribution in [0.5, 0.6) is 0 Å². The zero-order valence-corrected chi connectivity index (χ0v) is 19.0. The van der Waals surface area contributed by atoms with E-state index in [1.807, 2.05) is 18.2 Å². The van der Waals surface area contributed by atoms with Gasteiger partial charge in [-0.15, -0.1) is 0 Å². The highest BCUT2D eigenvalue weighted by molar-refractivity contribution is 5.91. The molecule has 1 unspecified atom stereocenters. The van der Waals surface area contributed by atoms with Gasteiger partial charge in [-0.3, -0.25) is 19.3 Å². The first kappa shape index (κ1) is 23.0. The maximum Gasteiger partial charge on any atom is 0.309 e. The van der Waals surface area contributed by atoms with Crippen LogP contribution in [-0.2, 0) is 20.9 Å². The summed E-state index contributed by atoms with van der Waals surface area (Å²) in [6.07, 6.45) is 1.70. The molecular weight excluding hydrogens is 422 g/mol. The monoisotopic (exact) mass is 453 g/mol. The van der Waals surface area contributed by atoms with Crippen molar-refractivity contribution < 1.29 is 23.5 Å². The van der Waals surface area contributed by atoms with Crippen LogP contribution >= 0.6 is 0 Å². The number of benzene rings is 1. The third kappa shape index (κ3) is 5.82. The standard InChI is InChI=1S/C25H31N3O5/c1-19(23(29)28-15-13-26(14-16-28)18-20-6-3-2-4-7-20)33-25(31)21-9-11-27(12-10-21)24(30)22-8-5-17-32-22/h2-8,17,19,21H,9-16,18H2,1H3. The Bertz CT molecular complexity index is 930. The van der Waals surface area contributed by atoms with Crippen molar-refractivity contribution in [2.45, 2.75) is 32.4 Å². The van der Waals surface area contributed by atoms with Gasteiger partial charge < -0.3 is 19.0 Å². The van der Waals surface area contributed by atoms with Crippen molar-refractivity contribution in [1.82, 2.24) is 14.7 Å². The minimum Gasteiger partial charge on any atom is -0.459 e. The molecule has 3 heterocycles. The van der Waals surface area contributed by atoms with Gasteiger partial charge in [0.1, 0.15) is 0 Å². The Kier molecular flexibility index (Phi) is 7.44. The largest absolute Gasteiger partial charge is 0.459 e. The number of piperazine rings is 1. The van der Waals surface area contributed by atoms with Crippen LogP contribution < -0.4 is 0 Å². The fourth-order valence-corrected chi connectivity index (χ4v) is 4.42. The summed E-state index contributed by atoms with van der Waals surface area (Å²) < 4.78 is 10.7. The van der Waals surface area contributed by atoms with Gasteiger partial charge in [-0.25, -0.2) is 0 Å². The fraction of sp³-hybridized carbons (Fsp3) is 0.480. The Morgan fingerprint density at radius 2 is 1.64 bits per heavy atom. The zero-order valence-electron chi connectivity index (χ0n) is 19.0. The van der Waals surface area contributed by atoms with E-state index in [0.29, 0.717) is 44.8 Å². The minimum atomic E-state index is -0.805. The third-order valence-electron chi connectivity index (χ3n) is 6.42. The van der Waals surface area contributed by atoms with Crippen molar-refractivity contribution in [3.8, 4) is 0 Å². The summed E-state index contributed by atoms with van der Waals surface area (Å²) in [6.45, 7) is 6.28. The van der Waals surface area contributed by atoms with Crippen LogP contribution in [0.3, 0.4) is 0 Å². The highest BCUT2D eigenvalue weighted by Crippen LogP contribution is 2.21. The normalized spacial score (nSPS) is 18.7. The van der Waals surface area contributed by atoms with E-state index < -0.39 is 6.10 Å². The maximum atomic E-state index is 12.8. The number of hydrogen-bond acceptors (Lipinski definition) is 6. The molecule has 2 aliphatic heterocycles. The van der Waals surface area contributed by atoms with Crippen molar-refractivity contribution in [3.63, 3.8) is 0 Å². The summed E-state index contributed by atoms with van der Waals surface area (Å²) in [5.41, 5.74) is 1.26. The molecule has 4 rings (SSSR count). The zero-order chi connectivity index (χ0) is 23.2. The van der Waals surface area contributed by atoms with Gasteiger partial charge in [0.15, 0.2) is 11.9 Å². The van der Waals surface area contributed by atoms with Crippen LogP contribution in [0.1, 0.15) is 35.9 Å². The highest BCUT2D eigenvalue weighted by Gasteiger charge is 2.33. The molecule has 0 N–H and O–H groups in total. The second-order valence-corrected chi connectivity index (χ2v) is 8.71. The van der Waals surface area contributed by atoms with Gasteiger partial charge in [0.25, 0.3) is 11.8 Å².